The Labute approximate surface area is 111 Å². The van der Waals surface area contributed by atoms with Crippen molar-refractivity contribution in [2.45, 2.75) is 16.6 Å². The maximum absolute atomic E-state index is 11.8. The second kappa shape index (κ2) is 3.86. The summed E-state index contributed by atoms with van der Waals surface area (Å²) in [6, 6.07) is 5.06. The minimum absolute atomic E-state index is 0.0143. The minimum Gasteiger partial charge on any atom is -0.311 e. The number of thiol groups is 1. The van der Waals surface area contributed by atoms with Gasteiger partial charge in [-0.25, -0.2) is 8.42 Å². The van der Waals surface area contributed by atoms with Crippen LogP contribution in [0.3, 0.4) is 0 Å². The molecule has 1 atom stereocenters. The Kier molecular flexibility index (Phi) is 2.53. The number of hydrogen-bond acceptors (Lipinski definition) is 4. The molecule has 0 N–H and O–H groups in total. The first-order valence-corrected chi connectivity index (χ1v) is 7.59. The van der Waals surface area contributed by atoms with E-state index in [0.29, 0.717) is 24.2 Å². The summed E-state index contributed by atoms with van der Waals surface area (Å²) in [6.45, 7) is 0.522. The lowest BCUT2D eigenvalue weighted by atomic mass is 10.2. The standard InChI is InChI=1S/C12H11NO3S2/c14-12-6-10(17)7-13(12)9-2-1-8-3-4-18(15,16)11(8)5-9/h1-5,10,17H,6-7H2. The lowest BCUT2D eigenvalue weighted by molar-refractivity contribution is -0.117. The van der Waals surface area contributed by atoms with Crippen molar-refractivity contribution in [3.63, 3.8) is 0 Å². The van der Waals surface area contributed by atoms with Crippen LogP contribution in [-0.2, 0) is 14.6 Å². The molecule has 1 aromatic rings. The Hall–Kier alpha value is -1.27. The summed E-state index contributed by atoms with van der Waals surface area (Å²) in [7, 11) is -3.33. The first kappa shape index (κ1) is 11.8. The number of carbonyl (C=O) groups is 1. The van der Waals surface area contributed by atoms with E-state index in [9.17, 15) is 13.2 Å². The van der Waals surface area contributed by atoms with Crippen molar-refractivity contribution in [3.8, 4) is 0 Å². The van der Waals surface area contributed by atoms with E-state index in [-0.39, 0.29) is 16.1 Å². The topological polar surface area (TPSA) is 54.5 Å². The monoisotopic (exact) mass is 281 g/mol. The van der Waals surface area contributed by atoms with Crippen LogP contribution >= 0.6 is 12.6 Å². The normalized spacial score (nSPS) is 24.6. The smallest absolute Gasteiger partial charge is 0.228 e. The summed E-state index contributed by atoms with van der Waals surface area (Å²) in [4.78, 5) is 13.6. The van der Waals surface area contributed by atoms with E-state index in [4.69, 9.17) is 0 Å². The summed E-state index contributed by atoms with van der Waals surface area (Å²) >= 11 is 4.28. The van der Waals surface area contributed by atoms with Gasteiger partial charge in [-0.15, -0.1) is 0 Å². The number of benzene rings is 1. The molecule has 0 spiro atoms. The molecule has 0 saturated carbocycles. The zero-order chi connectivity index (χ0) is 12.9. The molecule has 0 radical (unpaired) electrons. The van der Waals surface area contributed by atoms with Gasteiger partial charge in [0.2, 0.25) is 15.7 Å². The highest BCUT2D eigenvalue weighted by atomic mass is 32.2. The van der Waals surface area contributed by atoms with Crippen molar-refractivity contribution < 1.29 is 13.2 Å². The molecule has 4 nitrogen and oxygen atoms in total. The highest BCUT2D eigenvalue weighted by Gasteiger charge is 2.30. The molecule has 2 aliphatic heterocycles. The fraction of sp³-hybridized carbons (Fsp3) is 0.250. The zero-order valence-electron chi connectivity index (χ0n) is 9.41. The highest BCUT2D eigenvalue weighted by Crippen LogP contribution is 2.32. The van der Waals surface area contributed by atoms with Gasteiger partial charge >= 0.3 is 0 Å². The van der Waals surface area contributed by atoms with Crippen LogP contribution in [0.1, 0.15) is 12.0 Å². The van der Waals surface area contributed by atoms with Crippen LogP contribution in [-0.4, -0.2) is 26.1 Å². The Morgan fingerprint density at radius 1 is 1.33 bits per heavy atom. The molecule has 2 heterocycles. The number of amides is 1. The minimum atomic E-state index is -3.33. The average Bonchev–Trinajstić information content (AvgIpc) is 2.79. The van der Waals surface area contributed by atoms with Gasteiger partial charge in [0, 0.05) is 29.3 Å². The summed E-state index contributed by atoms with van der Waals surface area (Å²) in [6.07, 6.45) is 1.97. The lowest BCUT2D eigenvalue weighted by Gasteiger charge is -2.16. The van der Waals surface area contributed by atoms with Gasteiger partial charge in [-0.05, 0) is 23.8 Å². The molecule has 1 fully saturated rings. The Morgan fingerprint density at radius 2 is 2.11 bits per heavy atom. The fourth-order valence-electron chi connectivity index (χ4n) is 2.25. The third-order valence-corrected chi connectivity index (χ3v) is 4.95. The van der Waals surface area contributed by atoms with E-state index >= 15 is 0 Å². The lowest BCUT2D eigenvalue weighted by Crippen LogP contribution is -2.24. The van der Waals surface area contributed by atoms with Gasteiger partial charge in [0.05, 0.1) is 4.90 Å². The molecule has 94 valence electrons. The molecular weight excluding hydrogens is 270 g/mol. The molecule has 6 heteroatoms. The molecule has 0 bridgehead atoms. The summed E-state index contributed by atoms with van der Waals surface area (Å²) in [5.41, 5.74) is 1.30. The third kappa shape index (κ3) is 1.76. The maximum atomic E-state index is 11.8. The number of carbonyl (C=O) groups excluding carboxylic acids is 1. The van der Waals surface area contributed by atoms with Crippen molar-refractivity contribution in [2.75, 3.05) is 11.4 Å². The van der Waals surface area contributed by atoms with Crippen LogP contribution in [0.25, 0.3) is 6.08 Å². The van der Waals surface area contributed by atoms with E-state index in [2.05, 4.69) is 12.6 Å². The molecule has 0 aliphatic carbocycles. The van der Waals surface area contributed by atoms with Gasteiger partial charge in [-0.1, -0.05) is 6.07 Å². The van der Waals surface area contributed by atoms with Gasteiger partial charge in [-0.3, -0.25) is 4.79 Å². The zero-order valence-corrected chi connectivity index (χ0v) is 11.1. The van der Waals surface area contributed by atoms with Crippen LogP contribution in [0.2, 0.25) is 0 Å². The second-order valence-corrected chi connectivity index (χ2v) is 6.96. The van der Waals surface area contributed by atoms with Crippen molar-refractivity contribution in [1.82, 2.24) is 0 Å². The Balaban J connectivity index is 2.05. The number of anilines is 1. The van der Waals surface area contributed by atoms with Crippen LogP contribution in [0.15, 0.2) is 28.5 Å². The molecule has 0 aromatic heterocycles. The van der Waals surface area contributed by atoms with E-state index in [0.717, 1.165) is 0 Å². The van der Waals surface area contributed by atoms with Gasteiger partial charge in [0.15, 0.2) is 0 Å². The van der Waals surface area contributed by atoms with Crippen molar-refractivity contribution in [3.05, 3.63) is 29.2 Å². The first-order chi connectivity index (χ1) is 8.47. The molecule has 1 amide bonds. The van der Waals surface area contributed by atoms with Crippen LogP contribution in [0.4, 0.5) is 5.69 Å². The van der Waals surface area contributed by atoms with Crippen LogP contribution in [0, 0.1) is 0 Å². The predicted octanol–water partition coefficient (Wildman–Crippen LogP) is 1.48. The molecule has 1 unspecified atom stereocenters. The van der Waals surface area contributed by atoms with E-state index in [1.807, 2.05) is 0 Å². The van der Waals surface area contributed by atoms with Crippen molar-refractivity contribution in [1.29, 1.82) is 0 Å². The van der Waals surface area contributed by atoms with Gasteiger partial charge in [-0.2, -0.15) is 12.6 Å². The fourth-order valence-corrected chi connectivity index (χ4v) is 3.79. The quantitative estimate of drug-likeness (QED) is 0.793. The van der Waals surface area contributed by atoms with E-state index in [1.165, 1.54) is 5.41 Å². The maximum Gasteiger partial charge on any atom is 0.228 e. The summed E-state index contributed by atoms with van der Waals surface area (Å²) < 4.78 is 23.5. The first-order valence-electron chi connectivity index (χ1n) is 5.53. The molecule has 3 rings (SSSR count). The van der Waals surface area contributed by atoms with E-state index < -0.39 is 9.84 Å². The van der Waals surface area contributed by atoms with Gasteiger partial charge in [0.25, 0.3) is 0 Å². The van der Waals surface area contributed by atoms with Crippen LogP contribution in [0.5, 0.6) is 0 Å². The number of sulfone groups is 1. The molecule has 2 aliphatic rings. The van der Waals surface area contributed by atoms with E-state index in [1.54, 1.807) is 29.2 Å². The second-order valence-electron chi connectivity index (χ2n) is 4.43. The number of fused-ring (bicyclic) bond motifs is 1. The number of nitrogens with zero attached hydrogens (tertiary/aromatic N) is 1. The average molecular weight is 281 g/mol. The molecule has 18 heavy (non-hydrogen) atoms. The highest BCUT2D eigenvalue weighted by molar-refractivity contribution is 7.94. The summed E-state index contributed by atoms with van der Waals surface area (Å²) in [5, 5.41) is 1.20. The Bertz CT molecular complexity index is 664. The van der Waals surface area contributed by atoms with Gasteiger partial charge < -0.3 is 4.90 Å². The number of hydrogen-bond donors (Lipinski definition) is 1. The van der Waals surface area contributed by atoms with Gasteiger partial charge in [0.1, 0.15) is 0 Å². The van der Waals surface area contributed by atoms with Crippen molar-refractivity contribution in [2.24, 2.45) is 0 Å². The Morgan fingerprint density at radius 3 is 2.78 bits per heavy atom. The summed E-state index contributed by atoms with van der Waals surface area (Å²) in [5.74, 6) is -0.0155. The molecular formula is C12H11NO3S2. The third-order valence-electron chi connectivity index (χ3n) is 3.15. The SMILES string of the molecule is O=C1CC(S)CN1c1ccc2c(c1)S(=O)(=O)C=C2. The molecule has 1 aromatic carbocycles. The number of rotatable bonds is 1. The van der Waals surface area contributed by atoms with Crippen molar-refractivity contribution >= 4 is 40.1 Å². The molecule has 1 saturated heterocycles. The van der Waals surface area contributed by atoms with Crippen LogP contribution < -0.4 is 4.90 Å². The predicted molar refractivity (Wildman–Crippen MR) is 72.4 cm³/mol. The largest absolute Gasteiger partial charge is 0.311 e.